The first-order chi connectivity index (χ1) is 25.7. The third kappa shape index (κ3) is 8.01. The number of amides is 4. The van der Waals surface area contributed by atoms with Crippen LogP contribution in [0.3, 0.4) is 0 Å². The zero-order valence-electron chi connectivity index (χ0n) is 31.4. The largest absolute Gasteiger partial charge is 0.497 e. The summed E-state index contributed by atoms with van der Waals surface area (Å²) < 4.78 is 45.5. The van der Waals surface area contributed by atoms with Crippen LogP contribution in [0.15, 0.2) is 30.4 Å². The first kappa shape index (κ1) is 37.9. The summed E-state index contributed by atoms with van der Waals surface area (Å²) in [6.45, 7) is 5.24. The molecule has 5 aliphatic rings. The number of aryl methyl sites for hydroxylation is 1. The van der Waals surface area contributed by atoms with Gasteiger partial charge < -0.3 is 29.7 Å². The van der Waals surface area contributed by atoms with Crippen LogP contribution in [0.25, 0.3) is 10.9 Å². The summed E-state index contributed by atoms with van der Waals surface area (Å²) in [5.41, 5.74) is 0.588. The number of carbonyl (C=O) groups is 4. The van der Waals surface area contributed by atoms with E-state index in [0.717, 1.165) is 59.9 Å². The Kier molecular flexibility index (Phi) is 10.3. The first-order valence-electron chi connectivity index (χ1n) is 19.2. The van der Waals surface area contributed by atoms with Crippen LogP contribution in [0.2, 0.25) is 0 Å². The molecule has 2 aromatic rings. The molecule has 2 saturated carbocycles. The highest BCUT2D eigenvalue weighted by molar-refractivity contribution is 7.91. The van der Waals surface area contributed by atoms with Gasteiger partial charge in [0.15, 0.2) is 0 Å². The molecule has 5 atom stereocenters. The minimum absolute atomic E-state index is 0.0269. The van der Waals surface area contributed by atoms with Gasteiger partial charge in [-0.25, -0.2) is 18.2 Å². The standard InChI is InChI=1S/C39H51N5O9S/c1-38(2,3)53-37(48)41-31-14-9-7-5-6-8-11-23-21-39(23,36(47)43-54(49,50)26-16-17-26)42-33(45)32-20-25(22-44(32)35(31)46)52-34-28-13-10-12-27(28)29-19-24(51-4)15-18-30(29)40-34/h8,11,15,18-19,23,25-26,31-32H,5-7,9-10,12-14,16-17,20-22H2,1-4H3,(H,41,48)(H,42,45)(H,43,47)/b11-8-/t23-,25-,31?,32+,39-/m1/s1. The van der Waals surface area contributed by atoms with Gasteiger partial charge in [-0.15, -0.1) is 0 Å². The van der Waals surface area contributed by atoms with Gasteiger partial charge in [0.1, 0.15) is 35.1 Å². The topological polar surface area (TPSA) is 182 Å². The predicted molar refractivity (Wildman–Crippen MR) is 199 cm³/mol. The van der Waals surface area contributed by atoms with E-state index in [9.17, 15) is 27.6 Å². The number of alkyl carbamates (subject to hydrolysis) is 1. The molecule has 15 heteroatoms. The molecule has 3 fully saturated rings. The van der Waals surface area contributed by atoms with Crippen molar-refractivity contribution in [1.29, 1.82) is 0 Å². The predicted octanol–water partition coefficient (Wildman–Crippen LogP) is 3.98. The lowest BCUT2D eigenvalue weighted by Crippen LogP contribution is -2.58. The van der Waals surface area contributed by atoms with Gasteiger partial charge >= 0.3 is 6.09 Å². The van der Waals surface area contributed by atoms with Crippen LogP contribution >= 0.6 is 0 Å². The van der Waals surface area contributed by atoms with E-state index in [0.29, 0.717) is 38.0 Å². The van der Waals surface area contributed by atoms with Crippen molar-refractivity contribution in [2.24, 2.45) is 5.92 Å². The number of hydrogen-bond donors (Lipinski definition) is 3. The number of nitrogens with one attached hydrogen (secondary N) is 3. The summed E-state index contributed by atoms with van der Waals surface area (Å²) in [7, 11) is -2.26. The fraction of sp³-hybridized carbons (Fsp3) is 0.615. The Morgan fingerprint density at radius 1 is 1.04 bits per heavy atom. The van der Waals surface area contributed by atoms with E-state index in [1.807, 2.05) is 30.4 Å². The number of rotatable bonds is 7. The van der Waals surface area contributed by atoms with E-state index < -0.39 is 74.3 Å². The Labute approximate surface area is 316 Å². The zero-order chi connectivity index (χ0) is 38.4. The van der Waals surface area contributed by atoms with E-state index in [-0.39, 0.29) is 19.4 Å². The van der Waals surface area contributed by atoms with Crippen molar-refractivity contribution in [3.63, 3.8) is 0 Å². The average molecular weight is 766 g/mol. The van der Waals surface area contributed by atoms with Gasteiger partial charge in [0, 0.05) is 23.3 Å². The van der Waals surface area contributed by atoms with Gasteiger partial charge in [-0.1, -0.05) is 25.0 Å². The van der Waals surface area contributed by atoms with Gasteiger partial charge in [0.2, 0.25) is 27.7 Å². The molecule has 0 bridgehead atoms. The Morgan fingerprint density at radius 2 is 1.81 bits per heavy atom. The van der Waals surface area contributed by atoms with Gasteiger partial charge in [-0.3, -0.25) is 19.1 Å². The maximum absolute atomic E-state index is 14.5. The van der Waals surface area contributed by atoms with Gasteiger partial charge in [0.25, 0.3) is 5.91 Å². The highest BCUT2D eigenvalue weighted by Gasteiger charge is 2.62. The van der Waals surface area contributed by atoms with Crippen LogP contribution in [-0.2, 0) is 42.0 Å². The van der Waals surface area contributed by atoms with Crippen LogP contribution in [0, 0.1) is 5.92 Å². The lowest BCUT2D eigenvalue weighted by atomic mass is 10.0. The van der Waals surface area contributed by atoms with E-state index >= 15 is 0 Å². The number of nitrogens with zero attached hydrogens (tertiary/aromatic N) is 2. The van der Waals surface area contributed by atoms with Crippen molar-refractivity contribution in [1.82, 2.24) is 25.2 Å². The van der Waals surface area contributed by atoms with Crippen molar-refractivity contribution < 1.29 is 41.8 Å². The minimum atomic E-state index is -3.88. The quantitative estimate of drug-likeness (QED) is 0.349. The number of allylic oxidation sites excluding steroid dienone is 1. The van der Waals surface area contributed by atoms with E-state index in [4.69, 9.17) is 19.2 Å². The Morgan fingerprint density at radius 3 is 2.56 bits per heavy atom. The molecule has 292 valence electrons. The van der Waals surface area contributed by atoms with Crippen molar-refractivity contribution >= 4 is 44.7 Å². The summed E-state index contributed by atoms with van der Waals surface area (Å²) in [4.78, 5) is 62.0. The van der Waals surface area contributed by atoms with Crippen LogP contribution in [0.4, 0.5) is 4.79 Å². The minimum Gasteiger partial charge on any atom is -0.497 e. The lowest BCUT2D eigenvalue weighted by molar-refractivity contribution is -0.141. The molecule has 1 aromatic carbocycles. The second kappa shape index (κ2) is 14.7. The zero-order valence-corrected chi connectivity index (χ0v) is 32.3. The highest BCUT2D eigenvalue weighted by atomic mass is 32.2. The fourth-order valence-electron chi connectivity index (χ4n) is 7.99. The molecule has 2 aliphatic heterocycles. The average Bonchev–Trinajstić information content (AvgIpc) is 3.98. The normalized spacial score (nSPS) is 28.0. The number of benzene rings is 1. The SMILES string of the molecule is COc1ccc2nc(O[C@@H]3C[C@H]4C(=O)N[C@]5(C(=O)NS(=O)(=O)C6CC6)C[C@H]5/C=C\CCCCCC(NC(=O)OC(C)(C)C)C(=O)N4C3)c3c(c2c1)CCC3. The third-order valence-corrected chi connectivity index (χ3v) is 12.9. The molecule has 14 nitrogen and oxygen atoms in total. The van der Waals surface area contributed by atoms with Crippen molar-refractivity contribution in [2.45, 2.75) is 132 Å². The van der Waals surface area contributed by atoms with Crippen LogP contribution < -0.4 is 24.8 Å². The Bertz CT molecular complexity index is 1970. The number of pyridine rings is 1. The summed E-state index contributed by atoms with van der Waals surface area (Å²) in [5, 5.41) is 6.05. The van der Waals surface area contributed by atoms with E-state index in [1.165, 1.54) is 4.90 Å². The molecule has 3 aliphatic carbocycles. The molecule has 54 heavy (non-hydrogen) atoms. The molecule has 1 unspecified atom stereocenters. The van der Waals surface area contributed by atoms with Crippen molar-refractivity contribution in [3.05, 3.63) is 41.5 Å². The second-order valence-electron chi connectivity index (χ2n) is 16.3. The maximum atomic E-state index is 14.5. The Balaban J connectivity index is 1.20. The van der Waals surface area contributed by atoms with Crippen LogP contribution in [-0.4, -0.2) is 90.3 Å². The van der Waals surface area contributed by atoms with Gasteiger partial charge in [-0.05, 0) is 102 Å². The number of sulfonamides is 1. The molecule has 0 radical (unpaired) electrons. The molecule has 0 spiro atoms. The van der Waals surface area contributed by atoms with Crippen molar-refractivity contribution in [2.75, 3.05) is 13.7 Å². The first-order valence-corrected chi connectivity index (χ1v) is 20.7. The number of aromatic nitrogens is 1. The maximum Gasteiger partial charge on any atom is 0.408 e. The fourth-order valence-corrected chi connectivity index (χ4v) is 9.35. The Hall–Kier alpha value is -4.40. The van der Waals surface area contributed by atoms with E-state index in [1.54, 1.807) is 27.9 Å². The van der Waals surface area contributed by atoms with Crippen molar-refractivity contribution in [3.8, 4) is 11.6 Å². The summed E-state index contributed by atoms with van der Waals surface area (Å²) >= 11 is 0. The number of hydrogen-bond acceptors (Lipinski definition) is 10. The smallest absolute Gasteiger partial charge is 0.408 e. The molecule has 4 amide bonds. The lowest BCUT2D eigenvalue weighted by Gasteiger charge is -2.30. The number of fused-ring (bicyclic) bond motifs is 5. The molecule has 3 heterocycles. The van der Waals surface area contributed by atoms with E-state index in [2.05, 4.69) is 15.4 Å². The monoisotopic (exact) mass is 765 g/mol. The van der Waals surface area contributed by atoms with Gasteiger partial charge in [0.05, 0.1) is 24.4 Å². The molecular formula is C39H51N5O9S. The molecule has 1 aromatic heterocycles. The molecule has 7 rings (SSSR count). The molecular weight excluding hydrogens is 715 g/mol. The number of carbonyl (C=O) groups excluding carboxylic acids is 4. The highest BCUT2D eigenvalue weighted by Crippen LogP contribution is 2.46. The number of methoxy groups -OCH3 is 1. The van der Waals surface area contributed by atoms with Gasteiger partial charge in [-0.2, -0.15) is 0 Å². The second-order valence-corrected chi connectivity index (χ2v) is 18.3. The van der Waals surface area contributed by atoms with Crippen LogP contribution in [0.1, 0.15) is 96.1 Å². The number of ether oxygens (including phenoxy) is 3. The summed E-state index contributed by atoms with van der Waals surface area (Å²) in [6, 6.07) is 3.64. The van der Waals surface area contributed by atoms with Crippen LogP contribution in [0.5, 0.6) is 11.6 Å². The summed E-state index contributed by atoms with van der Waals surface area (Å²) in [5.74, 6) is -1.07. The molecule has 1 saturated heterocycles. The third-order valence-electron chi connectivity index (χ3n) is 11.0. The summed E-state index contributed by atoms with van der Waals surface area (Å²) in [6.07, 6.45) is 9.52. The molecule has 3 N–H and O–H groups in total.